The molecule has 0 bridgehead atoms. The number of sulfonamides is 1. The molecule has 0 saturated heterocycles. The third-order valence-electron chi connectivity index (χ3n) is 3.94. The maximum atomic E-state index is 12.7. The average Bonchev–Trinajstić information content (AvgIpc) is 3.28. The monoisotopic (exact) mass is 312 g/mol. The highest BCUT2D eigenvalue weighted by Crippen LogP contribution is 2.36. The molecule has 1 aromatic carbocycles. The summed E-state index contributed by atoms with van der Waals surface area (Å²) in [4.78, 5) is 11.7. The summed E-state index contributed by atoms with van der Waals surface area (Å²) in [5.74, 6) is -0.325. The highest BCUT2D eigenvalue weighted by Gasteiger charge is 2.37. The zero-order valence-electron chi connectivity index (χ0n) is 12.4. The van der Waals surface area contributed by atoms with E-state index in [-0.39, 0.29) is 16.5 Å². The van der Waals surface area contributed by atoms with Gasteiger partial charge in [-0.3, -0.25) is 0 Å². The van der Waals surface area contributed by atoms with E-state index >= 15 is 0 Å². The van der Waals surface area contributed by atoms with Crippen molar-refractivity contribution < 1.29 is 17.9 Å². The number of nitrogen functional groups attached to an aromatic ring is 1. The average molecular weight is 312 g/mol. The van der Waals surface area contributed by atoms with Crippen LogP contribution in [0, 0.1) is 5.92 Å². The van der Waals surface area contributed by atoms with E-state index in [0.29, 0.717) is 11.6 Å². The molecule has 0 spiro atoms. The number of benzene rings is 1. The zero-order valence-corrected chi connectivity index (χ0v) is 13.2. The Hall–Kier alpha value is -1.60. The first-order chi connectivity index (χ1) is 9.78. The number of hydrogen-bond acceptors (Lipinski definition) is 5. The molecule has 6 nitrogen and oxygen atoms in total. The molecule has 1 atom stereocenters. The van der Waals surface area contributed by atoms with E-state index in [1.54, 1.807) is 0 Å². The highest BCUT2D eigenvalue weighted by molar-refractivity contribution is 7.89. The number of hydrogen-bond donors (Lipinski definition) is 1. The molecule has 0 heterocycles. The van der Waals surface area contributed by atoms with Gasteiger partial charge < -0.3 is 10.5 Å². The molecule has 1 saturated carbocycles. The van der Waals surface area contributed by atoms with Crippen molar-refractivity contribution >= 4 is 21.7 Å². The lowest BCUT2D eigenvalue weighted by Gasteiger charge is -2.25. The first-order valence-electron chi connectivity index (χ1n) is 6.75. The number of carbonyl (C=O) groups excluding carboxylic acids is 1. The Morgan fingerprint density at radius 2 is 2.05 bits per heavy atom. The molecule has 2 N–H and O–H groups in total. The van der Waals surface area contributed by atoms with Crippen LogP contribution in [0.15, 0.2) is 23.1 Å². The minimum atomic E-state index is -3.77. The van der Waals surface area contributed by atoms with Crippen LogP contribution < -0.4 is 5.73 Å². The molecule has 0 radical (unpaired) electrons. The van der Waals surface area contributed by atoms with Crippen LogP contribution >= 0.6 is 0 Å². The van der Waals surface area contributed by atoms with E-state index in [2.05, 4.69) is 4.74 Å². The van der Waals surface area contributed by atoms with Crippen LogP contribution in [0.3, 0.4) is 0 Å². The first kappa shape index (κ1) is 15.8. The van der Waals surface area contributed by atoms with E-state index in [9.17, 15) is 13.2 Å². The van der Waals surface area contributed by atoms with Crippen molar-refractivity contribution in [3.05, 3.63) is 23.8 Å². The molecule has 0 amide bonds. The van der Waals surface area contributed by atoms with Crippen molar-refractivity contribution in [1.29, 1.82) is 0 Å². The third-order valence-corrected chi connectivity index (χ3v) is 5.95. The smallest absolute Gasteiger partial charge is 0.339 e. The highest BCUT2D eigenvalue weighted by atomic mass is 32.2. The predicted octanol–water partition coefficient (Wildman–Crippen LogP) is 1.47. The SMILES string of the molecule is COC(=O)c1cc(N)ccc1S(=O)(=O)N(C)C(C)C1CC1. The van der Waals surface area contributed by atoms with Crippen LogP contribution in [-0.4, -0.2) is 38.9 Å². The molecular formula is C14H20N2O4S. The van der Waals surface area contributed by atoms with Gasteiger partial charge in [-0.25, -0.2) is 13.2 Å². The molecule has 1 aliphatic carbocycles. The minimum Gasteiger partial charge on any atom is -0.465 e. The molecule has 1 unspecified atom stereocenters. The maximum absolute atomic E-state index is 12.7. The summed E-state index contributed by atoms with van der Waals surface area (Å²) in [6.07, 6.45) is 2.07. The van der Waals surface area contributed by atoms with Crippen molar-refractivity contribution in [3.8, 4) is 0 Å². The first-order valence-corrected chi connectivity index (χ1v) is 8.19. The number of rotatable bonds is 5. The molecule has 0 aliphatic heterocycles. The topological polar surface area (TPSA) is 89.7 Å². The number of anilines is 1. The summed E-state index contributed by atoms with van der Waals surface area (Å²) in [6, 6.07) is 4.05. The van der Waals surface area contributed by atoms with E-state index < -0.39 is 16.0 Å². The molecule has 21 heavy (non-hydrogen) atoms. The van der Waals surface area contributed by atoms with Gasteiger partial charge in [0.15, 0.2) is 0 Å². The van der Waals surface area contributed by atoms with E-state index in [0.717, 1.165) is 12.8 Å². The summed E-state index contributed by atoms with van der Waals surface area (Å²) < 4.78 is 31.4. The van der Waals surface area contributed by atoms with Crippen LogP contribution in [0.2, 0.25) is 0 Å². The zero-order chi connectivity index (χ0) is 15.8. The molecule has 1 aromatic rings. The van der Waals surface area contributed by atoms with Gasteiger partial charge >= 0.3 is 5.97 Å². The van der Waals surface area contributed by atoms with Crippen LogP contribution in [0.25, 0.3) is 0 Å². The van der Waals surface area contributed by atoms with Crippen molar-refractivity contribution in [2.75, 3.05) is 19.9 Å². The second-order valence-corrected chi connectivity index (χ2v) is 7.31. The molecule has 116 valence electrons. The minimum absolute atomic E-state index is 0.0349. The molecule has 1 aliphatic rings. The summed E-state index contributed by atoms with van der Waals surface area (Å²) >= 11 is 0. The van der Waals surface area contributed by atoms with Gasteiger partial charge in [0.25, 0.3) is 0 Å². The van der Waals surface area contributed by atoms with Crippen LogP contribution in [0.5, 0.6) is 0 Å². The fraction of sp³-hybridized carbons (Fsp3) is 0.500. The number of methoxy groups -OCH3 is 1. The van der Waals surface area contributed by atoms with Crippen molar-refractivity contribution in [3.63, 3.8) is 0 Å². The number of ether oxygens (including phenoxy) is 1. The molecule has 0 aromatic heterocycles. The van der Waals surface area contributed by atoms with Gasteiger partial charge in [0.2, 0.25) is 10.0 Å². The maximum Gasteiger partial charge on any atom is 0.339 e. The van der Waals surface area contributed by atoms with Crippen LogP contribution in [-0.2, 0) is 14.8 Å². The quantitative estimate of drug-likeness (QED) is 0.657. The summed E-state index contributed by atoms with van der Waals surface area (Å²) in [7, 11) is -1.02. The second kappa shape index (κ2) is 5.65. The van der Waals surface area contributed by atoms with Gasteiger partial charge in [-0.2, -0.15) is 4.31 Å². The molecule has 7 heteroatoms. The van der Waals surface area contributed by atoms with Gasteiger partial charge in [0.1, 0.15) is 0 Å². The standard InChI is InChI=1S/C14H20N2O4S/c1-9(10-4-5-10)16(2)21(18,19)13-7-6-11(15)8-12(13)14(17)20-3/h6-10H,4-5,15H2,1-3H3. The number of nitrogens with zero attached hydrogens (tertiary/aromatic N) is 1. The Bertz CT molecular complexity index is 653. The lowest BCUT2D eigenvalue weighted by Crippen LogP contribution is -2.37. The van der Waals surface area contributed by atoms with Crippen LogP contribution in [0.4, 0.5) is 5.69 Å². The Morgan fingerprint density at radius 3 is 2.57 bits per heavy atom. The summed E-state index contributed by atoms with van der Waals surface area (Å²) in [6.45, 7) is 1.88. The molecule has 1 fully saturated rings. The third kappa shape index (κ3) is 3.03. The fourth-order valence-electron chi connectivity index (χ4n) is 2.29. The van der Waals surface area contributed by atoms with E-state index in [4.69, 9.17) is 5.73 Å². The Kier molecular flexibility index (Phi) is 4.25. The molecular weight excluding hydrogens is 292 g/mol. The van der Waals surface area contributed by atoms with Gasteiger partial charge in [-0.15, -0.1) is 0 Å². The van der Waals surface area contributed by atoms with E-state index in [1.807, 2.05) is 6.92 Å². The largest absolute Gasteiger partial charge is 0.465 e. The van der Waals surface area contributed by atoms with Gasteiger partial charge in [0, 0.05) is 18.8 Å². The Labute approximate surface area is 124 Å². The van der Waals surface area contributed by atoms with Gasteiger partial charge in [0.05, 0.1) is 17.6 Å². The van der Waals surface area contributed by atoms with Crippen LogP contribution in [0.1, 0.15) is 30.1 Å². The molecule has 2 rings (SSSR count). The lowest BCUT2D eigenvalue weighted by molar-refractivity contribution is 0.0596. The van der Waals surface area contributed by atoms with E-state index in [1.165, 1.54) is 36.7 Å². The number of carbonyl (C=O) groups is 1. The summed E-state index contributed by atoms with van der Waals surface area (Å²) in [5, 5.41) is 0. The van der Waals surface area contributed by atoms with Crippen molar-refractivity contribution in [1.82, 2.24) is 4.31 Å². The predicted molar refractivity (Wildman–Crippen MR) is 79.3 cm³/mol. The van der Waals surface area contributed by atoms with Crippen molar-refractivity contribution in [2.24, 2.45) is 5.92 Å². The van der Waals surface area contributed by atoms with Gasteiger partial charge in [-0.05, 0) is 43.9 Å². The normalized spacial score (nSPS) is 16.8. The fourth-order valence-corrected chi connectivity index (χ4v) is 3.87. The second-order valence-electron chi connectivity index (χ2n) is 5.35. The number of esters is 1. The lowest BCUT2D eigenvalue weighted by atomic mass is 10.2. The number of nitrogens with two attached hydrogens (primary N) is 1. The van der Waals surface area contributed by atoms with Gasteiger partial charge in [-0.1, -0.05) is 0 Å². The van der Waals surface area contributed by atoms with Crippen molar-refractivity contribution in [2.45, 2.75) is 30.7 Å². The summed E-state index contributed by atoms with van der Waals surface area (Å²) in [5.41, 5.74) is 5.92. The Morgan fingerprint density at radius 1 is 1.43 bits per heavy atom. The Balaban J connectivity index is 2.46.